The van der Waals surface area contributed by atoms with Crippen molar-refractivity contribution >= 4 is 0 Å². The largest absolute Gasteiger partial charge is 0.314 e. The second-order valence-electron chi connectivity index (χ2n) is 4.98. The Balaban J connectivity index is 2.54. The molecule has 3 heteroatoms. The third kappa shape index (κ3) is 4.56. The van der Waals surface area contributed by atoms with E-state index in [-0.39, 0.29) is 6.04 Å². The van der Waals surface area contributed by atoms with Gasteiger partial charge in [0.2, 0.25) is 0 Å². The van der Waals surface area contributed by atoms with E-state index < -0.39 is 5.54 Å². The van der Waals surface area contributed by atoms with E-state index in [1.165, 1.54) is 5.56 Å². The molecular formula is C14H21N3. The van der Waals surface area contributed by atoms with E-state index in [0.717, 1.165) is 6.54 Å². The molecule has 0 fully saturated rings. The summed E-state index contributed by atoms with van der Waals surface area (Å²) in [6.07, 6.45) is 0.673. The molecule has 0 saturated heterocycles. The molecule has 92 valence electrons. The number of rotatable bonds is 5. The quantitative estimate of drug-likeness (QED) is 0.844. The second-order valence-corrected chi connectivity index (χ2v) is 4.98. The molecule has 0 spiro atoms. The van der Waals surface area contributed by atoms with Crippen molar-refractivity contribution in [3.8, 4) is 6.07 Å². The molecule has 17 heavy (non-hydrogen) atoms. The molecule has 0 aliphatic rings. The number of nitrogens with zero attached hydrogens (tertiary/aromatic N) is 2. The SMILES string of the molecule is CC(CC(C)(N)C#N)N(C)Cc1ccccc1. The van der Waals surface area contributed by atoms with Crippen LogP contribution < -0.4 is 5.73 Å². The first-order valence-corrected chi connectivity index (χ1v) is 5.89. The molecule has 0 aliphatic heterocycles. The van der Waals surface area contributed by atoms with Crippen LogP contribution in [0.3, 0.4) is 0 Å². The smallest absolute Gasteiger partial charge is 0.102 e. The molecule has 3 nitrogen and oxygen atoms in total. The lowest BCUT2D eigenvalue weighted by atomic mass is 9.96. The van der Waals surface area contributed by atoms with Crippen LogP contribution in [-0.4, -0.2) is 23.5 Å². The van der Waals surface area contributed by atoms with Crippen molar-refractivity contribution in [3.63, 3.8) is 0 Å². The van der Waals surface area contributed by atoms with Crippen molar-refractivity contribution in [1.82, 2.24) is 4.90 Å². The van der Waals surface area contributed by atoms with Gasteiger partial charge in [0.1, 0.15) is 5.54 Å². The van der Waals surface area contributed by atoms with Gasteiger partial charge < -0.3 is 5.73 Å². The van der Waals surface area contributed by atoms with Crippen LogP contribution in [-0.2, 0) is 6.54 Å². The maximum atomic E-state index is 8.92. The molecule has 0 aliphatic carbocycles. The van der Waals surface area contributed by atoms with Gasteiger partial charge in [-0.25, -0.2) is 0 Å². The van der Waals surface area contributed by atoms with E-state index >= 15 is 0 Å². The highest BCUT2D eigenvalue weighted by atomic mass is 15.1. The number of hydrogen-bond donors (Lipinski definition) is 1. The third-order valence-electron chi connectivity index (χ3n) is 3.00. The van der Waals surface area contributed by atoms with Gasteiger partial charge in [-0.2, -0.15) is 5.26 Å². The van der Waals surface area contributed by atoms with Gasteiger partial charge in [-0.3, -0.25) is 4.90 Å². The molecule has 0 aromatic heterocycles. The van der Waals surface area contributed by atoms with Crippen molar-refractivity contribution in [2.24, 2.45) is 5.73 Å². The summed E-state index contributed by atoms with van der Waals surface area (Å²) in [5, 5.41) is 8.92. The van der Waals surface area contributed by atoms with Crippen LogP contribution in [0.25, 0.3) is 0 Å². The monoisotopic (exact) mass is 231 g/mol. The van der Waals surface area contributed by atoms with Crippen LogP contribution >= 0.6 is 0 Å². The molecule has 2 atom stereocenters. The third-order valence-corrected chi connectivity index (χ3v) is 3.00. The molecule has 0 radical (unpaired) electrons. The van der Waals surface area contributed by atoms with E-state index in [1.807, 2.05) is 18.2 Å². The summed E-state index contributed by atoms with van der Waals surface area (Å²) in [6, 6.07) is 12.7. The van der Waals surface area contributed by atoms with Crippen LogP contribution in [0.15, 0.2) is 30.3 Å². The first-order chi connectivity index (χ1) is 7.94. The minimum atomic E-state index is -0.746. The van der Waals surface area contributed by atoms with Gasteiger partial charge in [-0.15, -0.1) is 0 Å². The van der Waals surface area contributed by atoms with E-state index in [0.29, 0.717) is 6.42 Å². The summed E-state index contributed by atoms with van der Waals surface area (Å²) in [6.45, 7) is 4.76. The normalized spacial score (nSPS) is 16.2. The Labute approximate surface area is 104 Å². The average molecular weight is 231 g/mol. The topological polar surface area (TPSA) is 53.1 Å². The average Bonchev–Trinajstić information content (AvgIpc) is 2.30. The molecule has 1 aromatic rings. The number of nitriles is 1. The molecule has 2 unspecified atom stereocenters. The summed E-state index contributed by atoms with van der Waals surface area (Å²) < 4.78 is 0. The van der Waals surface area contributed by atoms with Crippen LogP contribution in [0.5, 0.6) is 0 Å². The van der Waals surface area contributed by atoms with Crippen molar-refractivity contribution in [2.45, 2.75) is 38.4 Å². The fourth-order valence-corrected chi connectivity index (χ4v) is 1.84. The zero-order chi connectivity index (χ0) is 12.9. The highest BCUT2D eigenvalue weighted by molar-refractivity contribution is 5.14. The lowest BCUT2D eigenvalue weighted by Gasteiger charge is -2.29. The van der Waals surface area contributed by atoms with E-state index in [2.05, 4.69) is 37.1 Å². The molecule has 0 saturated carbocycles. The van der Waals surface area contributed by atoms with Gasteiger partial charge in [0, 0.05) is 12.6 Å². The minimum absolute atomic E-state index is 0.282. The van der Waals surface area contributed by atoms with Crippen LogP contribution in [0.4, 0.5) is 0 Å². The van der Waals surface area contributed by atoms with E-state index in [1.54, 1.807) is 6.92 Å². The lowest BCUT2D eigenvalue weighted by molar-refractivity contribution is 0.218. The Hall–Kier alpha value is -1.37. The summed E-state index contributed by atoms with van der Waals surface area (Å²) in [7, 11) is 2.06. The molecule has 0 bridgehead atoms. The van der Waals surface area contributed by atoms with Gasteiger partial charge in [0.15, 0.2) is 0 Å². The first-order valence-electron chi connectivity index (χ1n) is 5.89. The molecule has 2 N–H and O–H groups in total. The lowest BCUT2D eigenvalue weighted by Crippen LogP contribution is -2.42. The van der Waals surface area contributed by atoms with E-state index in [9.17, 15) is 0 Å². The van der Waals surface area contributed by atoms with Crippen molar-refractivity contribution in [2.75, 3.05) is 7.05 Å². The summed E-state index contributed by atoms with van der Waals surface area (Å²) in [5.41, 5.74) is 6.39. The van der Waals surface area contributed by atoms with Crippen molar-refractivity contribution < 1.29 is 0 Å². The summed E-state index contributed by atoms with van der Waals surface area (Å²) >= 11 is 0. The number of benzene rings is 1. The second kappa shape index (κ2) is 5.81. The highest BCUT2D eigenvalue weighted by Gasteiger charge is 2.23. The highest BCUT2D eigenvalue weighted by Crippen LogP contribution is 2.14. The Kier molecular flexibility index (Phi) is 4.68. The van der Waals surface area contributed by atoms with Gasteiger partial charge >= 0.3 is 0 Å². The first kappa shape index (κ1) is 13.7. The van der Waals surface area contributed by atoms with Gasteiger partial charge in [0.25, 0.3) is 0 Å². The van der Waals surface area contributed by atoms with Crippen molar-refractivity contribution in [1.29, 1.82) is 5.26 Å². The summed E-state index contributed by atoms with van der Waals surface area (Å²) in [4.78, 5) is 2.22. The number of nitrogens with two attached hydrogens (primary N) is 1. The van der Waals surface area contributed by atoms with Crippen LogP contribution in [0, 0.1) is 11.3 Å². The van der Waals surface area contributed by atoms with Crippen LogP contribution in [0.1, 0.15) is 25.8 Å². The van der Waals surface area contributed by atoms with E-state index in [4.69, 9.17) is 11.0 Å². The fraction of sp³-hybridized carbons (Fsp3) is 0.500. The molecule has 1 aromatic carbocycles. The summed E-state index contributed by atoms with van der Waals surface area (Å²) in [5.74, 6) is 0. The Morgan fingerprint density at radius 3 is 2.53 bits per heavy atom. The van der Waals surface area contributed by atoms with Crippen molar-refractivity contribution in [3.05, 3.63) is 35.9 Å². The number of hydrogen-bond acceptors (Lipinski definition) is 3. The van der Waals surface area contributed by atoms with Crippen LogP contribution in [0.2, 0.25) is 0 Å². The Morgan fingerprint density at radius 1 is 1.41 bits per heavy atom. The standard InChI is InChI=1S/C14H21N3/c1-12(9-14(2,16)11-15)17(3)10-13-7-5-4-6-8-13/h4-8,12H,9-10,16H2,1-3H3. The molecular weight excluding hydrogens is 210 g/mol. The minimum Gasteiger partial charge on any atom is -0.314 e. The predicted molar refractivity (Wildman–Crippen MR) is 70.2 cm³/mol. The molecule has 0 heterocycles. The Morgan fingerprint density at radius 2 is 2.00 bits per heavy atom. The molecule has 0 amide bonds. The maximum Gasteiger partial charge on any atom is 0.102 e. The molecule has 1 rings (SSSR count). The maximum absolute atomic E-state index is 8.92. The van der Waals surface area contributed by atoms with Gasteiger partial charge in [0.05, 0.1) is 6.07 Å². The van der Waals surface area contributed by atoms with Gasteiger partial charge in [-0.05, 0) is 32.9 Å². The van der Waals surface area contributed by atoms with Gasteiger partial charge in [-0.1, -0.05) is 30.3 Å². The fourth-order valence-electron chi connectivity index (χ4n) is 1.84. The predicted octanol–water partition coefficient (Wildman–Crippen LogP) is 2.14. The zero-order valence-electron chi connectivity index (χ0n) is 10.9. The Bertz CT molecular complexity index is 378. The zero-order valence-corrected chi connectivity index (χ0v) is 10.9.